The predicted molar refractivity (Wildman–Crippen MR) is 42.3 cm³/mol. The lowest BCUT2D eigenvalue weighted by molar-refractivity contribution is 1.58. The van der Waals surface area contributed by atoms with Crippen molar-refractivity contribution in [3.63, 3.8) is 0 Å². The van der Waals surface area contributed by atoms with Gasteiger partial charge in [0.25, 0.3) is 0 Å². The van der Waals surface area contributed by atoms with Crippen LogP contribution in [0.25, 0.3) is 0 Å². The fourth-order valence-corrected chi connectivity index (χ4v) is 0.734. The highest BCUT2D eigenvalue weighted by Crippen LogP contribution is 1.99. The summed E-state index contributed by atoms with van der Waals surface area (Å²) < 4.78 is 0. The van der Waals surface area contributed by atoms with Gasteiger partial charge in [-0.2, -0.15) is 0 Å². The summed E-state index contributed by atoms with van der Waals surface area (Å²) in [6, 6.07) is 0. The van der Waals surface area contributed by atoms with Crippen molar-refractivity contribution in [2.75, 3.05) is 5.33 Å². The van der Waals surface area contributed by atoms with E-state index in [1.54, 1.807) is 12.2 Å². The molecule has 0 aliphatic rings. The third-order valence-electron chi connectivity index (χ3n) is 0.748. The molecule has 0 saturated carbocycles. The molecule has 0 bridgehead atoms. The Balaban J connectivity index is 3.84. The van der Waals surface area contributed by atoms with E-state index in [-0.39, 0.29) is 0 Å². The third-order valence-corrected chi connectivity index (χ3v) is 1.40. The van der Waals surface area contributed by atoms with Crippen LogP contribution in [0.2, 0.25) is 0 Å². The van der Waals surface area contributed by atoms with E-state index in [2.05, 4.69) is 29.1 Å². The van der Waals surface area contributed by atoms with E-state index >= 15 is 0 Å². The van der Waals surface area contributed by atoms with Crippen LogP contribution in [0.4, 0.5) is 0 Å². The van der Waals surface area contributed by atoms with Crippen LogP contribution in [0.15, 0.2) is 37.0 Å². The molecule has 0 nitrogen and oxygen atoms in total. The maximum atomic E-state index is 3.60. The lowest BCUT2D eigenvalue weighted by Gasteiger charge is -1.87. The second-order valence-corrected chi connectivity index (χ2v) is 1.88. The summed E-state index contributed by atoms with van der Waals surface area (Å²) in [6.45, 7) is 7.16. The number of hydrogen-bond donors (Lipinski definition) is 0. The van der Waals surface area contributed by atoms with Crippen LogP contribution in [0.1, 0.15) is 0 Å². The van der Waals surface area contributed by atoms with E-state index in [0.717, 1.165) is 10.9 Å². The highest BCUT2D eigenvalue weighted by molar-refractivity contribution is 9.09. The minimum atomic E-state index is 0.850. The summed E-state index contributed by atoms with van der Waals surface area (Å²) >= 11 is 3.29. The Labute approximate surface area is 58.7 Å². The van der Waals surface area contributed by atoms with Crippen molar-refractivity contribution in [1.29, 1.82) is 0 Å². The molecule has 44 valence electrons. The zero-order valence-electron chi connectivity index (χ0n) is 4.73. The maximum Gasteiger partial charge on any atom is 0.0282 e. The van der Waals surface area contributed by atoms with Crippen molar-refractivity contribution in [2.24, 2.45) is 0 Å². The molecule has 0 amide bonds. The summed E-state index contributed by atoms with van der Waals surface area (Å²) in [4.78, 5) is 0. The van der Waals surface area contributed by atoms with Crippen molar-refractivity contribution in [2.45, 2.75) is 0 Å². The van der Waals surface area contributed by atoms with Gasteiger partial charge in [0, 0.05) is 5.33 Å². The quantitative estimate of drug-likeness (QED) is 0.454. The molecule has 0 atom stereocenters. The van der Waals surface area contributed by atoms with E-state index in [1.807, 2.05) is 6.08 Å². The Bertz CT molecular complexity index is 112. The average Bonchev–Trinajstić information content (AvgIpc) is 1.83. The molecule has 1 heteroatoms. The van der Waals surface area contributed by atoms with Crippen LogP contribution in [0.5, 0.6) is 0 Å². The van der Waals surface area contributed by atoms with Crippen molar-refractivity contribution in [3.05, 3.63) is 37.0 Å². The highest BCUT2D eigenvalue weighted by atomic mass is 79.9. The lowest BCUT2D eigenvalue weighted by Crippen LogP contribution is -1.73. The zero-order chi connectivity index (χ0) is 6.41. The Kier molecular flexibility index (Phi) is 4.67. The van der Waals surface area contributed by atoms with Gasteiger partial charge >= 0.3 is 0 Å². The molecule has 0 heterocycles. The zero-order valence-corrected chi connectivity index (χ0v) is 6.32. The summed E-state index contributed by atoms with van der Waals surface area (Å²) in [5.41, 5.74) is 1.15. The average molecular weight is 173 g/mol. The maximum absolute atomic E-state index is 3.60. The summed E-state index contributed by atoms with van der Waals surface area (Å²) in [5.74, 6) is 0. The first-order chi connectivity index (χ1) is 3.85. The Morgan fingerprint density at radius 3 is 2.25 bits per heavy atom. The summed E-state index contributed by atoms with van der Waals surface area (Å²) in [5, 5.41) is 0.850. The molecule has 0 aromatic heterocycles. The molecule has 0 fully saturated rings. The Morgan fingerprint density at radius 2 is 2.12 bits per heavy atom. The number of halogens is 1. The van der Waals surface area contributed by atoms with Gasteiger partial charge in [-0.3, -0.25) is 0 Å². The highest BCUT2D eigenvalue weighted by Gasteiger charge is 1.80. The van der Waals surface area contributed by atoms with Crippen LogP contribution < -0.4 is 0 Å². The predicted octanol–water partition coefficient (Wildman–Crippen LogP) is 2.68. The first kappa shape index (κ1) is 7.70. The molecule has 8 heavy (non-hydrogen) atoms. The van der Waals surface area contributed by atoms with Crippen LogP contribution in [0.3, 0.4) is 0 Å². The van der Waals surface area contributed by atoms with Gasteiger partial charge in [0.15, 0.2) is 0 Å². The van der Waals surface area contributed by atoms with Gasteiger partial charge in [-0.15, -0.1) is 0 Å². The Morgan fingerprint density at radius 1 is 1.50 bits per heavy atom. The minimum absolute atomic E-state index is 0.850. The van der Waals surface area contributed by atoms with Gasteiger partial charge in [0.2, 0.25) is 0 Å². The molecular weight excluding hydrogens is 164 g/mol. The second kappa shape index (κ2) is 4.85. The van der Waals surface area contributed by atoms with Crippen molar-refractivity contribution < 1.29 is 0 Å². The number of allylic oxidation sites excluding steroid dienone is 4. The van der Waals surface area contributed by atoms with Crippen LogP contribution >= 0.6 is 15.9 Å². The molecule has 0 aromatic rings. The molecule has 0 aliphatic heterocycles. The van der Waals surface area contributed by atoms with Crippen LogP contribution in [0, 0.1) is 0 Å². The number of rotatable bonds is 3. The fraction of sp³-hybridized carbons (Fsp3) is 0.143. The lowest BCUT2D eigenvalue weighted by atomic mass is 10.3. The van der Waals surface area contributed by atoms with Gasteiger partial charge in [-0.25, -0.2) is 0 Å². The first-order valence-electron chi connectivity index (χ1n) is 2.35. The normalized spacial score (nSPS) is 10.9. The fourth-order valence-electron chi connectivity index (χ4n) is 0.319. The van der Waals surface area contributed by atoms with E-state index < -0.39 is 0 Å². The van der Waals surface area contributed by atoms with Crippen molar-refractivity contribution in [3.8, 4) is 0 Å². The minimum Gasteiger partial charge on any atom is -0.0991 e. The summed E-state index contributed by atoms with van der Waals surface area (Å²) in [6.07, 6.45) is 5.47. The summed E-state index contributed by atoms with van der Waals surface area (Å²) in [7, 11) is 0. The van der Waals surface area contributed by atoms with Gasteiger partial charge in [0.1, 0.15) is 0 Å². The largest absolute Gasteiger partial charge is 0.0991 e. The smallest absolute Gasteiger partial charge is 0.0282 e. The molecule has 0 spiro atoms. The molecule has 0 aliphatic carbocycles. The number of hydrogen-bond acceptors (Lipinski definition) is 0. The number of alkyl halides is 1. The first-order valence-corrected chi connectivity index (χ1v) is 3.47. The standard InChI is InChI=1S/C7H9Br/c1-3-5-7(4-2)6-8/h3-5H,1-2,6H2/b7-5+. The van der Waals surface area contributed by atoms with Crippen molar-refractivity contribution in [1.82, 2.24) is 0 Å². The van der Waals surface area contributed by atoms with Gasteiger partial charge in [-0.1, -0.05) is 47.3 Å². The molecule has 0 saturated heterocycles. The van der Waals surface area contributed by atoms with E-state index in [9.17, 15) is 0 Å². The monoisotopic (exact) mass is 172 g/mol. The van der Waals surface area contributed by atoms with Gasteiger partial charge in [-0.05, 0) is 5.57 Å². The van der Waals surface area contributed by atoms with E-state index in [1.165, 1.54) is 0 Å². The molecule has 0 unspecified atom stereocenters. The topological polar surface area (TPSA) is 0 Å². The van der Waals surface area contributed by atoms with Crippen LogP contribution in [-0.4, -0.2) is 5.33 Å². The van der Waals surface area contributed by atoms with Crippen LogP contribution in [-0.2, 0) is 0 Å². The van der Waals surface area contributed by atoms with Gasteiger partial charge in [0.05, 0.1) is 0 Å². The molecule has 0 N–H and O–H groups in total. The van der Waals surface area contributed by atoms with E-state index in [4.69, 9.17) is 0 Å². The molecule has 0 aromatic carbocycles. The third kappa shape index (κ3) is 2.80. The van der Waals surface area contributed by atoms with E-state index in [0.29, 0.717) is 0 Å². The molecular formula is C7H9Br. The SMILES string of the molecule is C=C/C=C(\C=C)CBr. The second-order valence-electron chi connectivity index (χ2n) is 1.32. The Hall–Kier alpha value is -0.300. The van der Waals surface area contributed by atoms with Gasteiger partial charge < -0.3 is 0 Å². The molecule has 0 rings (SSSR count). The molecule has 0 radical (unpaired) electrons. The van der Waals surface area contributed by atoms with Crippen molar-refractivity contribution >= 4 is 15.9 Å².